The van der Waals surface area contributed by atoms with E-state index in [0.29, 0.717) is 5.82 Å². The molecule has 5 nitrogen and oxygen atoms in total. The van der Waals surface area contributed by atoms with Gasteiger partial charge in [-0.15, -0.1) is 0 Å². The number of carboxylic acid groups (broad SMARTS) is 1. The average molecular weight is 281 g/mol. The summed E-state index contributed by atoms with van der Waals surface area (Å²) in [6, 6.07) is 0. The van der Waals surface area contributed by atoms with Crippen molar-refractivity contribution in [3.63, 3.8) is 0 Å². The van der Waals surface area contributed by atoms with Crippen LogP contribution in [0.1, 0.15) is 42.6 Å². The Morgan fingerprint density at radius 2 is 2.16 bits per heavy atom. The summed E-state index contributed by atoms with van der Waals surface area (Å²) < 4.78 is 0.249. The predicted octanol–water partition coefficient (Wildman–Crippen LogP) is 2.65. The third-order valence-electron chi connectivity index (χ3n) is 3.64. The van der Waals surface area contributed by atoms with Crippen LogP contribution < -0.4 is 5.32 Å². The van der Waals surface area contributed by atoms with E-state index < -0.39 is 5.97 Å². The standard InChI is InChI=1S/C13H19N3O2S/c1-19-13(5-3-2-4-6-13)9-15-11-8-14-7-10(16-11)12(17)18/h7-8H,2-6,9H2,1H3,(H,15,16)(H,17,18). The lowest BCUT2D eigenvalue weighted by Gasteiger charge is -2.36. The quantitative estimate of drug-likeness (QED) is 0.864. The molecule has 0 amide bonds. The van der Waals surface area contributed by atoms with Gasteiger partial charge in [0, 0.05) is 11.3 Å². The van der Waals surface area contributed by atoms with Crippen molar-refractivity contribution in [2.45, 2.75) is 36.9 Å². The van der Waals surface area contributed by atoms with Gasteiger partial charge in [-0.25, -0.2) is 9.78 Å². The molecule has 104 valence electrons. The highest BCUT2D eigenvalue weighted by Gasteiger charge is 2.30. The molecule has 0 aliphatic heterocycles. The Labute approximate surface area is 117 Å². The van der Waals surface area contributed by atoms with Crippen LogP contribution in [0.25, 0.3) is 0 Å². The van der Waals surface area contributed by atoms with E-state index in [1.54, 1.807) is 6.20 Å². The average Bonchev–Trinajstić information content (AvgIpc) is 2.46. The minimum absolute atomic E-state index is 0.0214. The number of thioether (sulfide) groups is 1. The summed E-state index contributed by atoms with van der Waals surface area (Å²) in [5, 5.41) is 12.1. The first-order valence-corrected chi connectivity index (χ1v) is 7.72. The van der Waals surface area contributed by atoms with E-state index in [0.717, 1.165) is 6.54 Å². The van der Waals surface area contributed by atoms with Crippen molar-refractivity contribution < 1.29 is 9.90 Å². The first kappa shape index (κ1) is 14.1. The maximum atomic E-state index is 10.8. The van der Waals surface area contributed by atoms with Crippen molar-refractivity contribution in [3.05, 3.63) is 18.1 Å². The van der Waals surface area contributed by atoms with Crippen LogP contribution in [0.3, 0.4) is 0 Å². The van der Waals surface area contributed by atoms with Crippen LogP contribution in [0.15, 0.2) is 12.4 Å². The van der Waals surface area contributed by atoms with E-state index in [1.807, 2.05) is 11.8 Å². The zero-order valence-electron chi connectivity index (χ0n) is 11.1. The number of aromatic carboxylic acids is 1. The first-order valence-electron chi connectivity index (χ1n) is 6.50. The second-order valence-electron chi connectivity index (χ2n) is 4.90. The van der Waals surface area contributed by atoms with Crippen LogP contribution >= 0.6 is 11.8 Å². The van der Waals surface area contributed by atoms with E-state index in [1.165, 1.54) is 38.3 Å². The molecule has 1 aromatic rings. The van der Waals surface area contributed by atoms with E-state index >= 15 is 0 Å². The van der Waals surface area contributed by atoms with Crippen molar-refractivity contribution in [1.29, 1.82) is 0 Å². The van der Waals surface area contributed by atoms with Gasteiger partial charge in [0.25, 0.3) is 0 Å². The topological polar surface area (TPSA) is 75.1 Å². The fourth-order valence-electron chi connectivity index (χ4n) is 2.46. The van der Waals surface area contributed by atoms with Gasteiger partial charge in [0.05, 0.1) is 12.4 Å². The summed E-state index contributed by atoms with van der Waals surface area (Å²) in [7, 11) is 0. The second kappa shape index (κ2) is 6.23. The second-order valence-corrected chi connectivity index (χ2v) is 6.17. The van der Waals surface area contributed by atoms with Crippen molar-refractivity contribution in [2.24, 2.45) is 0 Å². The number of aromatic nitrogens is 2. The van der Waals surface area contributed by atoms with Gasteiger partial charge in [0.1, 0.15) is 5.82 Å². The number of anilines is 1. The molecule has 0 aromatic carbocycles. The van der Waals surface area contributed by atoms with Crippen molar-refractivity contribution >= 4 is 23.5 Å². The summed E-state index contributed by atoms with van der Waals surface area (Å²) in [6.07, 6.45) is 11.2. The highest BCUT2D eigenvalue weighted by atomic mass is 32.2. The molecular formula is C13H19N3O2S. The van der Waals surface area contributed by atoms with Crippen molar-refractivity contribution in [1.82, 2.24) is 9.97 Å². The normalized spacial score (nSPS) is 17.9. The fourth-order valence-corrected chi connectivity index (χ4v) is 3.37. The summed E-state index contributed by atoms with van der Waals surface area (Å²) in [6.45, 7) is 0.811. The Balaban J connectivity index is 2.00. The highest BCUT2D eigenvalue weighted by molar-refractivity contribution is 8.00. The van der Waals surface area contributed by atoms with Crippen LogP contribution in [0, 0.1) is 0 Å². The molecule has 0 spiro atoms. The monoisotopic (exact) mass is 281 g/mol. The van der Waals surface area contributed by atoms with Gasteiger partial charge in [-0.2, -0.15) is 11.8 Å². The molecule has 0 unspecified atom stereocenters. The molecule has 19 heavy (non-hydrogen) atoms. The number of hydrogen-bond acceptors (Lipinski definition) is 5. The number of rotatable bonds is 5. The molecule has 2 rings (SSSR count). The zero-order valence-corrected chi connectivity index (χ0v) is 11.9. The van der Waals surface area contributed by atoms with E-state index in [4.69, 9.17) is 5.11 Å². The molecule has 1 aromatic heterocycles. The lowest BCUT2D eigenvalue weighted by molar-refractivity contribution is 0.0690. The Morgan fingerprint density at radius 1 is 1.42 bits per heavy atom. The SMILES string of the molecule is CSC1(CNc2cncc(C(=O)O)n2)CCCCC1. The predicted molar refractivity (Wildman–Crippen MR) is 76.8 cm³/mol. The molecule has 1 aliphatic carbocycles. The lowest BCUT2D eigenvalue weighted by Crippen LogP contribution is -2.35. The van der Waals surface area contributed by atoms with Crippen LogP contribution in [0.2, 0.25) is 0 Å². The minimum Gasteiger partial charge on any atom is -0.476 e. The molecule has 1 saturated carbocycles. The molecule has 0 radical (unpaired) electrons. The van der Waals surface area contributed by atoms with Gasteiger partial charge in [0.15, 0.2) is 5.69 Å². The minimum atomic E-state index is -1.05. The summed E-state index contributed by atoms with van der Waals surface area (Å²) >= 11 is 1.90. The highest BCUT2D eigenvalue weighted by Crippen LogP contribution is 2.38. The molecule has 2 N–H and O–H groups in total. The molecule has 6 heteroatoms. The van der Waals surface area contributed by atoms with E-state index in [2.05, 4.69) is 21.5 Å². The summed E-state index contributed by atoms with van der Waals surface area (Å²) in [4.78, 5) is 18.8. The number of hydrogen-bond donors (Lipinski definition) is 2. The number of carbonyl (C=O) groups is 1. The van der Waals surface area contributed by atoms with Crippen LogP contribution in [0.4, 0.5) is 5.82 Å². The Bertz CT molecular complexity index is 447. The number of carboxylic acids is 1. The van der Waals surface area contributed by atoms with Crippen molar-refractivity contribution in [3.8, 4) is 0 Å². The largest absolute Gasteiger partial charge is 0.476 e. The zero-order chi connectivity index (χ0) is 13.7. The maximum absolute atomic E-state index is 10.8. The molecule has 0 atom stereocenters. The lowest BCUT2D eigenvalue weighted by atomic mass is 9.88. The van der Waals surface area contributed by atoms with E-state index in [-0.39, 0.29) is 10.4 Å². The smallest absolute Gasteiger partial charge is 0.356 e. The summed E-state index contributed by atoms with van der Waals surface area (Å²) in [5.41, 5.74) is -0.0214. The van der Waals surface area contributed by atoms with Crippen LogP contribution in [-0.2, 0) is 0 Å². The molecule has 0 bridgehead atoms. The number of nitrogens with one attached hydrogen (secondary N) is 1. The summed E-state index contributed by atoms with van der Waals surface area (Å²) in [5.74, 6) is -0.507. The fraction of sp³-hybridized carbons (Fsp3) is 0.615. The van der Waals surface area contributed by atoms with Gasteiger partial charge < -0.3 is 10.4 Å². The van der Waals surface area contributed by atoms with Gasteiger partial charge in [-0.1, -0.05) is 19.3 Å². The molecule has 0 saturated heterocycles. The first-order chi connectivity index (χ1) is 9.15. The van der Waals surface area contributed by atoms with Gasteiger partial charge in [0.2, 0.25) is 0 Å². The van der Waals surface area contributed by atoms with Gasteiger partial charge >= 0.3 is 5.97 Å². The Hall–Kier alpha value is -1.30. The van der Waals surface area contributed by atoms with Crippen LogP contribution in [-0.4, -0.2) is 38.6 Å². The number of nitrogens with zero attached hydrogens (tertiary/aromatic N) is 2. The Kier molecular flexibility index (Phi) is 4.63. The third-order valence-corrected chi connectivity index (χ3v) is 5.06. The molecule has 1 heterocycles. The molecule has 1 aliphatic rings. The Morgan fingerprint density at radius 3 is 2.79 bits per heavy atom. The maximum Gasteiger partial charge on any atom is 0.356 e. The van der Waals surface area contributed by atoms with Gasteiger partial charge in [-0.3, -0.25) is 4.98 Å². The van der Waals surface area contributed by atoms with Crippen LogP contribution in [0.5, 0.6) is 0 Å². The van der Waals surface area contributed by atoms with Crippen molar-refractivity contribution in [2.75, 3.05) is 18.1 Å². The molecular weight excluding hydrogens is 262 g/mol. The van der Waals surface area contributed by atoms with E-state index in [9.17, 15) is 4.79 Å². The molecule has 1 fully saturated rings. The third kappa shape index (κ3) is 3.59. The van der Waals surface area contributed by atoms with Gasteiger partial charge in [-0.05, 0) is 19.1 Å².